The quantitative estimate of drug-likeness (QED) is 0.283. The van der Waals surface area contributed by atoms with Gasteiger partial charge in [-0.2, -0.15) is 13.2 Å². The van der Waals surface area contributed by atoms with Crippen molar-refractivity contribution < 1.29 is 31.9 Å². The average Bonchev–Trinajstić information content (AvgIpc) is 3.37. The molecule has 1 aliphatic rings. The van der Waals surface area contributed by atoms with E-state index in [0.717, 1.165) is 24.4 Å². The van der Waals surface area contributed by atoms with Crippen molar-refractivity contribution in [3.05, 3.63) is 76.6 Å². The van der Waals surface area contributed by atoms with Gasteiger partial charge in [0.1, 0.15) is 11.2 Å². The van der Waals surface area contributed by atoms with Crippen LogP contribution in [0.15, 0.2) is 53.9 Å². The number of carbonyl (C=O) groups excluding carboxylic acids is 2. The molecule has 3 aromatic rings. The lowest BCUT2D eigenvalue weighted by molar-refractivity contribution is -0.137. The summed E-state index contributed by atoms with van der Waals surface area (Å²) < 4.78 is 59.4. The second kappa shape index (κ2) is 11.3. The van der Waals surface area contributed by atoms with E-state index >= 15 is 0 Å². The van der Waals surface area contributed by atoms with Crippen molar-refractivity contribution in [1.82, 2.24) is 15.3 Å². The summed E-state index contributed by atoms with van der Waals surface area (Å²) >= 11 is 6.24. The highest BCUT2D eigenvalue weighted by atomic mass is 35.5. The van der Waals surface area contributed by atoms with Gasteiger partial charge in [0.05, 0.1) is 58.3 Å². The number of pyridine rings is 2. The molecule has 0 spiro atoms. The second-order valence-corrected chi connectivity index (χ2v) is 9.06. The number of hydrogen-bond donors (Lipinski definition) is 3. The Morgan fingerprint density at radius 3 is 2.69 bits per heavy atom. The molecular formula is C25H21ClF4N6O3. The number of carbonyl (C=O) groups is 2. The maximum atomic E-state index is 14.2. The van der Waals surface area contributed by atoms with Crippen LogP contribution in [0.5, 0.6) is 0 Å². The lowest BCUT2D eigenvalue weighted by Gasteiger charge is -2.21. The third-order valence-corrected chi connectivity index (χ3v) is 6.19. The number of amides is 2. The minimum absolute atomic E-state index is 0.00743. The van der Waals surface area contributed by atoms with Crippen molar-refractivity contribution >= 4 is 46.7 Å². The SMILES string of the molecule is Nc1cncc(C(=O)N=CC2(C(=O)NCc3ncc(Nc4c(F)cccc4C(F)(F)F)cc3Cl)CCOC2)c1. The maximum Gasteiger partial charge on any atom is 0.418 e. The minimum Gasteiger partial charge on any atom is -0.397 e. The van der Waals surface area contributed by atoms with Crippen LogP contribution in [0.25, 0.3) is 0 Å². The molecule has 1 fully saturated rings. The first kappa shape index (κ1) is 27.9. The molecule has 2 amide bonds. The molecule has 0 radical (unpaired) electrons. The molecule has 1 atom stereocenters. The van der Waals surface area contributed by atoms with E-state index < -0.39 is 40.5 Å². The fourth-order valence-electron chi connectivity index (χ4n) is 3.79. The van der Waals surface area contributed by atoms with Crippen molar-refractivity contribution in [3.8, 4) is 0 Å². The Balaban J connectivity index is 1.45. The number of aromatic nitrogens is 2. The molecule has 0 aliphatic carbocycles. The molecule has 204 valence electrons. The number of nitrogens with zero attached hydrogens (tertiary/aromatic N) is 3. The Kier molecular flexibility index (Phi) is 8.11. The summed E-state index contributed by atoms with van der Waals surface area (Å²) in [4.78, 5) is 37.3. The number of anilines is 3. The van der Waals surface area contributed by atoms with Crippen LogP contribution in [0.3, 0.4) is 0 Å². The summed E-state index contributed by atoms with van der Waals surface area (Å²) in [5, 5.41) is 5.05. The fourth-order valence-corrected chi connectivity index (χ4v) is 4.02. The largest absolute Gasteiger partial charge is 0.418 e. The summed E-state index contributed by atoms with van der Waals surface area (Å²) in [5.41, 5.74) is 3.11. The zero-order valence-electron chi connectivity index (χ0n) is 20.1. The summed E-state index contributed by atoms with van der Waals surface area (Å²) in [7, 11) is 0. The summed E-state index contributed by atoms with van der Waals surface area (Å²) in [6.07, 6.45) is 0.547. The smallest absolute Gasteiger partial charge is 0.397 e. The highest BCUT2D eigenvalue weighted by Crippen LogP contribution is 2.37. The Morgan fingerprint density at radius 1 is 1.23 bits per heavy atom. The molecule has 1 unspecified atom stereocenters. The molecule has 9 nitrogen and oxygen atoms in total. The molecule has 2 aromatic heterocycles. The van der Waals surface area contributed by atoms with Crippen LogP contribution in [0, 0.1) is 11.2 Å². The Labute approximate surface area is 224 Å². The van der Waals surface area contributed by atoms with Crippen LogP contribution in [0.1, 0.15) is 28.0 Å². The molecule has 4 rings (SSSR count). The normalized spacial score (nSPS) is 17.4. The summed E-state index contributed by atoms with van der Waals surface area (Å²) in [6, 6.07) is 5.26. The monoisotopic (exact) mass is 564 g/mol. The van der Waals surface area contributed by atoms with Gasteiger partial charge < -0.3 is 21.1 Å². The van der Waals surface area contributed by atoms with Gasteiger partial charge in [-0.1, -0.05) is 17.7 Å². The van der Waals surface area contributed by atoms with Crippen molar-refractivity contribution in [1.29, 1.82) is 0 Å². The zero-order valence-corrected chi connectivity index (χ0v) is 20.8. The van der Waals surface area contributed by atoms with Crippen molar-refractivity contribution in [2.75, 3.05) is 24.3 Å². The van der Waals surface area contributed by atoms with Crippen LogP contribution in [0.2, 0.25) is 5.02 Å². The molecule has 0 saturated carbocycles. The Morgan fingerprint density at radius 2 is 2.03 bits per heavy atom. The van der Waals surface area contributed by atoms with Gasteiger partial charge in [0.2, 0.25) is 5.91 Å². The van der Waals surface area contributed by atoms with E-state index in [0.29, 0.717) is 0 Å². The number of ether oxygens (including phenoxy) is 1. The van der Waals surface area contributed by atoms with Gasteiger partial charge in [-0.3, -0.25) is 19.6 Å². The van der Waals surface area contributed by atoms with Crippen LogP contribution in [-0.2, 0) is 22.3 Å². The van der Waals surface area contributed by atoms with Crippen molar-refractivity contribution in [2.24, 2.45) is 10.4 Å². The predicted octanol–water partition coefficient (Wildman–Crippen LogP) is 4.55. The molecule has 4 N–H and O–H groups in total. The Bertz CT molecular complexity index is 1430. The van der Waals surface area contributed by atoms with Gasteiger partial charge in [0, 0.05) is 25.2 Å². The van der Waals surface area contributed by atoms with Gasteiger partial charge >= 0.3 is 6.18 Å². The predicted molar refractivity (Wildman–Crippen MR) is 135 cm³/mol. The highest BCUT2D eigenvalue weighted by Gasteiger charge is 2.41. The van der Waals surface area contributed by atoms with Crippen molar-refractivity contribution in [2.45, 2.75) is 19.1 Å². The van der Waals surface area contributed by atoms with E-state index in [4.69, 9.17) is 22.1 Å². The number of benzene rings is 1. The van der Waals surface area contributed by atoms with Crippen LogP contribution >= 0.6 is 11.6 Å². The molecule has 3 heterocycles. The Hall–Kier alpha value is -4.10. The standard InChI is InChI=1S/C25H21ClF4N6O3/c26-18-7-16(36-21-17(25(28,29)30)2-1-3-19(21)27)10-33-20(18)11-34-23(38)24(4-5-39-13-24)12-35-22(37)14-6-15(31)9-32-8-14/h1-3,6-10,12,36H,4-5,11,13,31H2,(H,34,38). The van der Waals surface area contributed by atoms with Gasteiger partial charge in [-0.25, -0.2) is 9.38 Å². The number of hydrogen-bond acceptors (Lipinski definition) is 7. The number of nitrogens with one attached hydrogen (secondary N) is 2. The minimum atomic E-state index is -4.79. The topological polar surface area (TPSA) is 132 Å². The molecule has 1 aliphatic heterocycles. The lowest BCUT2D eigenvalue weighted by atomic mass is 9.87. The first-order valence-electron chi connectivity index (χ1n) is 11.4. The van der Waals surface area contributed by atoms with Gasteiger partial charge in [-0.15, -0.1) is 0 Å². The molecule has 39 heavy (non-hydrogen) atoms. The average molecular weight is 565 g/mol. The van der Waals surface area contributed by atoms with E-state index in [9.17, 15) is 27.2 Å². The second-order valence-electron chi connectivity index (χ2n) is 8.65. The van der Waals surface area contributed by atoms with Crippen molar-refractivity contribution in [3.63, 3.8) is 0 Å². The van der Waals surface area contributed by atoms with E-state index in [1.807, 2.05) is 0 Å². The molecular weight excluding hydrogens is 544 g/mol. The van der Waals surface area contributed by atoms with Gasteiger partial charge in [0.15, 0.2) is 0 Å². The number of rotatable bonds is 7. The maximum absolute atomic E-state index is 14.2. The third-order valence-electron chi connectivity index (χ3n) is 5.86. The third kappa shape index (κ3) is 6.49. The number of nitrogens with two attached hydrogens (primary N) is 1. The van der Waals surface area contributed by atoms with E-state index in [2.05, 4.69) is 25.6 Å². The number of alkyl halides is 3. The van der Waals surface area contributed by atoms with E-state index in [1.165, 1.54) is 30.7 Å². The zero-order chi connectivity index (χ0) is 28.2. The first-order valence-corrected chi connectivity index (χ1v) is 11.8. The van der Waals surface area contributed by atoms with Crippen LogP contribution in [0.4, 0.5) is 34.6 Å². The van der Waals surface area contributed by atoms with E-state index in [-0.39, 0.29) is 53.8 Å². The summed E-state index contributed by atoms with van der Waals surface area (Å²) in [6.45, 7) is 0.107. The first-order chi connectivity index (χ1) is 18.5. The summed E-state index contributed by atoms with van der Waals surface area (Å²) in [5.74, 6) is -2.23. The lowest BCUT2D eigenvalue weighted by Crippen LogP contribution is -2.42. The molecule has 1 saturated heterocycles. The number of halogens is 5. The number of para-hydroxylation sites is 1. The fraction of sp³-hybridized carbons (Fsp3) is 0.240. The molecule has 1 aromatic carbocycles. The number of aliphatic imine (C=N–C) groups is 1. The van der Waals surface area contributed by atoms with Gasteiger partial charge in [0.25, 0.3) is 5.91 Å². The highest BCUT2D eigenvalue weighted by molar-refractivity contribution is 6.31. The molecule has 0 bridgehead atoms. The van der Waals surface area contributed by atoms with Crippen LogP contribution in [-0.4, -0.2) is 41.2 Å². The molecule has 14 heteroatoms. The van der Waals surface area contributed by atoms with Gasteiger partial charge in [-0.05, 0) is 30.7 Å². The number of nitrogen functional groups attached to an aromatic ring is 1. The van der Waals surface area contributed by atoms with Crippen LogP contribution < -0.4 is 16.4 Å². The van der Waals surface area contributed by atoms with E-state index in [1.54, 1.807) is 0 Å².